The standard InChI is InChI=1S/C12H18N3O2/c13-7-10-17-9-4-8-14-12(16)15-11-5-2-1-3-6-11/h1-2,5-6H,4,7-10,13H2,(H2,14,15,16). The zero-order chi connectivity index (χ0) is 12.3. The van der Waals surface area contributed by atoms with Crippen molar-refractivity contribution in [3.05, 3.63) is 30.3 Å². The Kier molecular flexibility index (Phi) is 6.78. The van der Waals surface area contributed by atoms with Crippen LogP contribution in [-0.2, 0) is 4.74 Å². The Morgan fingerprint density at radius 1 is 1.47 bits per heavy atom. The highest BCUT2D eigenvalue weighted by molar-refractivity contribution is 5.89. The van der Waals surface area contributed by atoms with Gasteiger partial charge >= 0.3 is 6.03 Å². The average molecular weight is 236 g/mol. The van der Waals surface area contributed by atoms with Crippen molar-refractivity contribution in [2.45, 2.75) is 6.42 Å². The van der Waals surface area contributed by atoms with Crippen molar-refractivity contribution in [3.63, 3.8) is 0 Å². The Balaban J connectivity index is 2.06. The molecule has 1 radical (unpaired) electrons. The minimum atomic E-state index is -0.219. The van der Waals surface area contributed by atoms with Crippen LogP contribution in [-0.4, -0.2) is 32.3 Å². The lowest BCUT2D eigenvalue weighted by Crippen LogP contribution is -2.30. The normalized spacial score (nSPS) is 9.94. The third-order valence-corrected chi connectivity index (χ3v) is 1.98. The van der Waals surface area contributed by atoms with Crippen LogP contribution in [0.3, 0.4) is 0 Å². The van der Waals surface area contributed by atoms with Crippen molar-refractivity contribution in [2.75, 3.05) is 31.6 Å². The first kappa shape index (κ1) is 13.5. The maximum Gasteiger partial charge on any atom is 0.319 e. The molecule has 0 saturated heterocycles. The lowest BCUT2D eigenvalue weighted by Gasteiger charge is -2.07. The molecule has 0 aliphatic rings. The first-order chi connectivity index (χ1) is 8.33. The lowest BCUT2D eigenvalue weighted by atomic mass is 10.3. The summed E-state index contributed by atoms with van der Waals surface area (Å²) in [6.45, 7) is 2.27. The molecule has 0 aliphatic carbocycles. The van der Waals surface area contributed by atoms with E-state index in [2.05, 4.69) is 16.7 Å². The van der Waals surface area contributed by atoms with E-state index < -0.39 is 0 Å². The highest BCUT2D eigenvalue weighted by atomic mass is 16.5. The number of ether oxygens (including phenoxy) is 1. The third-order valence-electron chi connectivity index (χ3n) is 1.98. The molecule has 5 heteroatoms. The van der Waals surface area contributed by atoms with Crippen molar-refractivity contribution in [1.82, 2.24) is 5.32 Å². The fourth-order valence-corrected chi connectivity index (χ4v) is 1.21. The minimum Gasteiger partial charge on any atom is -0.380 e. The molecular weight excluding hydrogens is 218 g/mol. The van der Waals surface area contributed by atoms with E-state index in [1.54, 1.807) is 18.2 Å². The molecule has 1 aromatic rings. The largest absolute Gasteiger partial charge is 0.380 e. The molecule has 0 saturated carbocycles. The van der Waals surface area contributed by atoms with E-state index in [9.17, 15) is 4.79 Å². The monoisotopic (exact) mass is 236 g/mol. The van der Waals surface area contributed by atoms with Crippen molar-refractivity contribution in [2.24, 2.45) is 5.73 Å². The van der Waals surface area contributed by atoms with E-state index in [0.717, 1.165) is 12.1 Å². The second-order valence-corrected chi connectivity index (χ2v) is 3.43. The first-order valence-electron chi connectivity index (χ1n) is 5.61. The SMILES string of the molecule is NCCOCCCNC(=O)Nc1c[c]ccc1. The first-order valence-corrected chi connectivity index (χ1v) is 5.61. The van der Waals surface area contributed by atoms with E-state index in [-0.39, 0.29) is 6.03 Å². The van der Waals surface area contributed by atoms with Gasteiger partial charge in [-0.2, -0.15) is 0 Å². The van der Waals surface area contributed by atoms with Gasteiger partial charge in [0.1, 0.15) is 0 Å². The molecule has 0 aliphatic heterocycles. The summed E-state index contributed by atoms with van der Waals surface area (Å²) in [5.74, 6) is 0. The molecule has 0 atom stereocenters. The molecule has 93 valence electrons. The Labute approximate surface area is 101 Å². The van der Waals surface area contributed by atoms with Gasteiger partial charge in [0, 0.05) is 25.4 Å². The number of carbonyl (C=O) groups is 1. The van der Waals surface area contributed by atoms with E-state index in [4.69, 9.17) is 10.5 Å². The highest BCUT2D eigenvalue weighted by Crippen LogP contribution is 2.03. The third kappa shape index (κ3) is 6.55. The summed E-state index contributed by atoms with van der Waals surface area (Å²) >= 11 is 0. The topological polar surface area (TPSA) is 76.4 Å². The summed E-state index contributed by atoms with van der Waals surface area (Å²) < 4.78 is 5.18. The molecule has 0 unspecified atom stereocenters. The zero-order valence-corrected chi connectivity index (χ0v) is 9.74. The summed E-state index contributed by atoms with van der Waals surface area (Å²) in [7, 11) is 0. The predicted octanol–water partition coefficient (Wildman–Crippen LogP) is 0.974. The quantitative estimate of drug-likeness (QED) is 0.617. The smallest absolute Gasteiger partial charge is 0.319 e. The number of hydrogen-bond acceptors (Lipinski definition) is 3. The van der Waals surface area contributed by atoms with Crippen LogP contribution in [0.4, 0.5) is 10.5 Å². The maximum atomic E-state index is 11.4. The van der Waals surface area contributed by atoms with Gasteiger partial charge in [-0.3, -0.25) is 0 Å². The van der Waals surface area contributed by atoms with Crippen LogP contribution in [0.25, 0.3) is 0 Å². The molecule has 0 aromatic heterocycles. The number of hydrogen-bond donors (Lipinski definition) is 3. The number of nitrogens with two attached hydrogens (primary N) is 1. The summed E-state index contributed by atoms with van der Waals surface area (Å²) in [6.07, 6.45) is 0.772. The van der Waals surface area contributed by atoms with Crippen LogP contribution in [0.2, 0.25) is 0 Å². The van der Waals surface area contributed by atoms with Gasteiger partial charge in [0.05, 0.1) is 6.61 Å². The number of urea groups is 1. The molecule has 17 heavy (non-hydrogen) atoms. The van der Waals surface area contributed by atoms with Crippen LogP contribution >= 0.6 is 0 Å². The molecule has 0 bridgehead atoms. The molecule has 4 N–H and O–H groups in total. The molecule has 0 heterocycles. The maximum absolute atomic E-state index is 11.4. The van der Waals surface area contributed by atoms with Crippen LogP contribution in [0, 0.1) is 6.07 Å². The number of benzene rings is 1. The lowest BCUT2D eigenvalue weighted by molar-refractivity contribution is 0.139. The molecule has 1 rings (SSSR count). The predicted molar refractivity (Wildman–Crippen MR) is 66.8 cm³/mol. The summed E-state index contributed by atoms with van der Waals surface area (Å²) in [5, 5.41) is 5.43. The van der Waals surface area contributed by atoms with Crippen molar-refractivity contribution >= 4 is 11.7 Å². The number of anilines is 1. The van der Waals surface area contributed by atoms with Gasteiger partial charge in [0.15, 0.2) is 0 Å². The number of amides is 2. The minimum absolute atomic E-state index is 0.219. The molecule has 0 spiro atoms. The second kappa shape index (κ2) is 8.55. The van der Waals surface area contributed by atoms with Crippen LogP contribution in [0.5, 0.6) is 0 Å². The molecule has 1 aromatic carbocycles. The van der Waals surface area contributed by atoms with Crippen LogP contribution < -0.4 is 16.4 Å². The van der Waals surface area contributed by atoms with Crippen LogP contribution in [0.15, 0.2) is 24.3 Å². The highest BCUT2D eigenvalue weighted by Gasteiger charge is 1.99. The fraction of sp³-hybridized carbons (Fsp3) is 0.417. The van der Waals surface area contributed by atoms with Gasteiger partial charge in [-0.15, -0.1) is 0 Å². The summed E-state index contributed by atoms with van der Waals surface area (Å²) in [5.41, 5.74) is 6.00. The van der Waals surface area contributed by atoms with Gasteiger partial charge < -0.3 is 21.1 Å². The Morgan fingerprint density at radius 3 is 3.06 bits per heavy atom. The summed E-state index contributed by atoms with van der Waals surface area (Å²) in [4.78, 5) is 11.4. The molecule has 5 nitrogen and oxygen atoms in total. The van der Waals surface area contributed by atoms with Crippen molar-refractivity contribution in [3.8, 4) is 0 Å². The summed E-state index contributed by atoms with van der Waals surface area (Å²) in [6, 6.07) is 9.77. The van der Waals surface area contributed by atoms with E-state index in [1.807, 2.05) is 6.07 Å². The van der Waals surface area contributed by atoms with E-state index >= 15 is 0 Å². The average Bonchev–Trinajstić information content (AvgIpc) is 2.35. The van der Waals surface area contributed by atoms with E-state index in [1.165, 1.54) is 0 Å². The van der Waals surface area contributed by atoms with Gasteiger partial charge in [-0.1, -0.05) is 12.1 Å². The second-order valence-electron chi connectivity index (χ2n) is 3.43. The van der Waals surface area contributed by atoms with Gasteiger partial charge in [-0.25, -0.2) is 4.79 Å². The number of rotatable bonds is 7. The Hall–Kier alpha value is -1.59. The Morgan fingerprint density at radius 2 is 2.35 bits per heavy atom. The molecule has 0 fully saturated rings. The van der Waals surface area contributed by atoms with Gasteiger partial charge in [0.2, 0.25) is 0 Å². The zero-order valence-electron chi connectivity index (χ0n) is 9.74. The van der Waals surface area contributed by atoms with Gasteiger partial charge in [-0.05, 0) is 24.6 Å². The van der Waals surface area contributed by atoms with Gasteiger partial charge in [0.25, 0.3) is 0 Å². The number of carbonyl (C=O) groups excluding carboxylic acids is 1. The molecule has 2 amide bonds. The fourth-order valence-electron chi connectivity index (χ4n) is 1.21. The van der Waals surface area contributed by atoms with Crippen LogP contribution in [0.1, 0.15) is 6.42 Å². The number of nitrogens with one attached hydrogen (secondary N) is 2. The Bertz CT molecular complexity index is 317. The van der Waals surface area contributed by atoms with Crippen molar-refractivity contribution < 1.29 is 9.53 Å². The molecular formula is C12H18N3O2. The van der Waals surface area contributed by atoms with Crippen molar-refractivity contribution in [1.29, 1.82) is 0 Å². The van der Waals surface area contributed by atoms with E-state index in [0.29, 0.717) is 26.3 Å².